The van der Waals surface area contributed by atoms with Gasteiger partial charge in [0.25, 0.3) is 0 Å². The summed E-state index contributed by atoms with van der Waals surface area (Å²) in [5.74, 6) is 0.0763. The molecule has 2 aliphatic heterocycles. The molecule has 2 fully saturated rings. The first kappa shape index (κ1) is 30.2. The monoisotopic (exact) mass is 552 g/mol. The number of aliphatic hydroxyl groups is 1. The zero-order valence-corrected chi connectivity index (χ0v) is 24.1. The van der Waals surface area contributed by atoms with Gasteiger partial charge in [0.2, 0.25) is 11.8 Å². The molecule has 8 heteroatoms. The fourth-order valence-corrected chi connectivity index (χ4v) is 6.20. The van der Waals surface area contributed by atoms with Gasteiger partial charge in [-0.2, -0.15) is 0 Å². The molecule has 2 saturated heterocycles. The molecule has 218 valence electrons. The van der Waals surface area contributed by atoms with Crippen molar-refractivity contribution in [2.45, 2.75) is 82.6 Å². The number of carbonyl (C=O) groups is 2. The van der Waals surface area contributed by atoms with Crippen LogP contribution in [0.1, 0.15) is 62.6 Å². The minimum atomic E-state index is -0.833. The second-order valence-corrected chi connectivity index (χ2v) is 11.6. The van der Waals surface area contributed by atoms with Crippen LogP contribution in [0.2, 0.25) is 0 Å². The molecule has 0 aliphatic carbocycles. The predicted octanol–water partition coefficient (Wildman–Crippen LogP) is 3.41. The molecule has 0 bridgehead atoms. The SMILES string of the molecule is CC(C)c1cccc(CNC[C@@H](O)[C@H](Cc2ccccc2)NC(=O)[C@H](C)N2CC[C@@]3(CCCN3CCF)C2=O)c1. The summed E-state index contributed by atoms with van der Waals surface area (Å²) in [5.41, 5.74) is 2.74. The van der Waals surface area contributed by atoms with Gasteiger partial charge in [-0.05, 0) is 61.8 Å². The minimum absolute atomic E-state index is 0.0773. The minimum Gasteiger partial charge on any atom is -0.390 e. The molecule has 40 heavy (non-hydrogen) atoms. The van der Waals surface area contributed by atoms with E-state index in [1.54, 1.807) is 11.8 Å². The van der Waals surface area contributed by atoms with E-state index in [0.29, 0.717) is 51.4 Å². The van der Waals surface area contributed by atoms with Gasteiger partial charge >= 0.3 is 0 Å². The van der Waals surface area contributed by atoms with Crippen LogP contribution in [0.3, 0.4) is 0 Å². The maximum Gasteiger partial charge on any atom is 0.243 e. The van der Waals surface area contributed by atoms with Crippen LogP contribution in [0.15, 0.2) is 54.6 Å². The summed E-state index contributed by atoms with van der Waals surface area (Å²) in [7, 11) is 0. The number of hydrogen-bond acceptors (Lipinski definition) is 5. The molecule has 2 heterocycles. The highest BCUT2D eigenvalue weighted by Crippen LogP contribution is 2.39. The van der Waals surface area contributed by atoms with Crippen LogP contribution in [-0.4, -0.2) is 83.3 Å². The van der Waals surface area contributed by atoms with Gasteiger partial charge in [0.05, 0.1) is 12.1 Å². The molecule has 0 radical (unpaired) electrons. The summed E-state index contributed by atoms with van der Waals surface area (Å²) in [6, 6.07) is 17.0. The number of hydrogen-bond donors (Lipinski definition) is 3. The fraction of sp³-hybridized carbons (Fsp3) is 0.562. The fourth-order valence-electron chi connectivity index (χ4n) is 6.20. The van der Waals surface area contributed by atoms with E-state index in [2.05, 4.69) is 48.7 Å². The van der Waals surface area contributed by atoms with Crippen molar-refractivity contribution in [3.8, 4) is 0 Å². The molecule has 0 aromatic heterocycles. The van der Waals surface area contributed by atoms with Crippen LogP contribution in [0, 0.1) is 0 Å². The lowest BCUT2D eigenvalue weighted by molar-refractivity contribution is -0.143. The van der Waals surface area contributed by atoms with Crippen LogP contribution in [-0.2, 0) is 22.6 Å². The van der Waals surface area contributed by atoms with E-state index in [-0.39, 0.29) is 18.4 Å². The summed E-state index contributed by atoms with van der Waals surface area (Å²) in [4.78, 5) is 30.6. The third-order valence-corrected chi connectivity index (χ3v) is 8.64. The molecule has 2 amide bonds. The number of nitrogens with zero attached hydrogens (tertiary/aromatic N) is 2. The average Bonchev–Trinajstić information content (AvgIpc) is 3.51. The highest BCUT2D eigenvalue weighted by Gasteiger charge is 2.54. The van der Waals surface area contributed by atoms with Crippen LogP contribution < -0.4 is 10.6 Å². The molecule has 0 unspecified atom stereocenters. The lowest BCUT2D eigenvalue weighted by Crippen LogP contribution is -2.57. The first-order chi connectivity index (χ1) is 19.2. The van der Waals surface area contributed by atoms with Crippen LogP contribution in [0.25, 0.3) is 0 Å². The largest absolute Gasteiger partial charge is 0.390 e. The van der Waals surface area contributed by atoms with Crippen molar-refractivity contribution < 1.29 is 19.1 Å². The molecule has 2 aromatic carbocycles. The number of likely N-dealkylation sites (tertiary alicyclic amines) is 2. The Morgan fingerprint density at radius 2 is 1.80 bits per heavy atom. The average molecular weight is 553 g/mol. The van der Waals surface area contributed by atoms with Gasteiger partial charge in [0, 0.05) is 26.2 Å². The van der Waals surface area contributed by atoms with Gasteiger partial charge < -0.3 is 20.6 Å². The van der Waals surface area contributed by atoms with E-state index < -0.39 is 30.4 Å². The van der Waals surface area contributed by atoms with Crippen molar-refractivity contribution in [2.75, 3.05) is 32.9 Å². The third kappa shape index (κ3) is 6.90. The zero-order chi connectivity index (χ0) is 28.7. The Morgan fingerprint density at radius 1 is 1.05 bits per heavy atom. The van der Waals surface area contributed by atoms with Crippen LogP contribution in [0.4, 0.5) is 4.39 Å². The highest BCUT2D eigenvalue weighted by atomic mass is 19.1. The first-order valence-corrected chi connectivity index (χ1v) is 14.7. The summed E-state index contributed by atoms with van der Waals surface area (Å²) < 4.78 is 13.2. The van der Waals surface area contributed by atoms with E-state index in [9.17, 15) is 19.1 Å². The number of benzene rings is 2. The van der Waals surface area contributed by atoms with Crippen molar-refractivity contribution in [3.05, 3.63) is 71.3 Å². The predicted molar refractivity (Wildman–Crippen MR) is 156 cm³/mol. The third-order valence-electron chi connectivity index (χ3n) is 8.64. The Morgan fingerprint density at radius 3 is 2.52 bits per heavy atom. The Balaban J connectivity index is 1.40. The van der Waals surface area contributed by atoms with Gasteiger partial charge in [-0.15, -0.1) is 0 Å². The Kier molecular flexibility index (Phi) is 10.3. The maximum atomic E-state index is 13.5. The molecule has 4 atom stereocenters. The normalized spacial score (nSPS) is 21.8. The molecule has 1 spiro atoms. The second-order valence-electron chi connectivity index (χ2n) is 11.6. The topological polar surface area (TPSA) is 84.9 Å². The van der Waals surface area contributed by atoms with Crippen molar-refractivity contribution in [2.24, 2.45) is 0 Å². The number of aliphatic hydroxyl groups excluding tert-OH is 1. The summed E-state index contributed by atoms with van der Waals surface area (Å²) in [5, 5.41) is 17.6. The summed E-state index contributed by atoms with van der Waals surface area (Å²) in [6.07, 6.45) is 1.81. The first-order valence-electron chi connectivity index (χ1n) is 14.7. The number of amides is 2. The molecule has 4 rings (SSSR count). The maximum absolute atomic E-state index is 13.5. The molecule has 2 aliphatic rings. The van der Waals surface area contributed by atoms with Gasteiger partial charge in [-0.3, -0.25) is 14.5 Å². The van der Waals surface area contributed by atoms with Crippen molar-refractivity contribution in [1.82, 2.24) is 20.4 Å². The van der Waals surface area contributed by atoms with Crippen LogP contribution in [0.5, 0.6) is 0 Å². The molecule has 0 saturated carbocycles. The number of alkyl halides is 1. The summed E-state index contributed by atoms with van der Waals surface area (Å²) >= 11 is 0. The van der Waals surface area contributed by atoms with E-state index in [1.807, 2.05) is 35.2 Å². The smallest absolute Gasteiger partial charge is 0.243 e. The van der Waals surface area contributed by atoms with E-state index in [4.69, 9.17) is 0 Å². The number of halogens is 1. The molecule has 7 nitrogen and oxygen atoms in total. The van der Waals surface area contributed by atoms with E-state index in [0.717, 1.165) is 17.5 Å². The lowest BCUT2D eigenvalue weighted by Gasteiger charge is -2.34. The second kappa shape index (κ2) is 13.7. The van der Waals surface area contributed by atoms with E-state index >= 15 is 0 Å². The standard InChI is InChI=1S/C32H45FN4O3/c1-23(2)27-12-7-11-26(19-27)21-34-22-29(38)28(20-25-9-5-4-6-10-25)35-30(39)24(3)37-17-14-32(31(37)40)13-8-16-36(32)18-15-33/h4-7,9-12,19,23-24,28-29,34,38H,8,13-18,20-22H2,1-3H3,(H,35,39)/t24-,28-,29+,32-/m0/s1. The number of nitrogens with one attached hydrogen (secondary N) is 2. The van der Waals surface area contributed by atoms with Crippen LogP contribution >= 0.6 is 0 Å². The molecule has 2 aromatic rings. The number of carbonyl (C=O) groups excluding carboxylic acids is 2. The highest BCUT2D eigenvalue weighted by molar-refractivity contribution is 5.94. The summed E-state index contributed by atoms with van der Waals surface area (Å²) in [6.45, 7) is 7.94. The number of rotatable bonds is 13. The van der Waals surface area contributed by atoms with Crippen molar-refractivity contribution >= 4 is 11.8 Å². The Hall–Kier alpha value is -2.81. The van der Waals surface area contributed by atoms with Gasteiger partial charge in [-0.1, -0.05) is 68.4 Å². The van der Waals surface area contributed by atoms with Crippen molar-refractivity contribution in [3.63, 3.8) is 0 Å². The van der Waals surface area contributed by atoms with Gasteiger partial charge in [0.15, 0.2) is 0 Å². The van der Waals surface area contributed by atoms with Gasteiger partial charge in [0.1, 0.15) is 18.3 Å². The van der Waals surface area contributed by atoms with Crippen molar-refractivity contribution in [1.29, 1.82) is 0 Å². The molecular formula is C32H45FN4O3. The Bertz CT molecular complexity index is 1130. The van der Waals surface area contributed by atoms with E-state index in [1.165, 1.54) is 5.56 Å². The molecule has 3 N–H and O–H groups in total. The molecular weight excluding hydrogens is 507 g/mol. The quantitative estimate of drug-likeness (QED) is 0.355. The van der Waals surface area contributed by atoms with Gasteiger partial charge in [-0.25, -0.2) is 4.39 Å². The Labute approximate surface area is 238 Å². The zero-order valence-electron chi connectivity index (χ0n) is 24.1. The lowest BCUT2D eigenvalue weighted by atomic mass is 9.94.